The molecule has 1 N–H and O–H groups in total. The molecule has 12 heteroatoms. The van der Waals surface area contributed by atoms with Gasteiger partial charge in [0.05, 0.1) is 34.8 Å². The van der Waals surface area contributed by atoms with Gasteiger partial charge in [-0.2, -0.15) is 0 Å². The second-order valence-electron chi connectivity index (χ2n) is 8.42. The molecule has 208 valence electrons. The summed E-state index contributed by atoms with van der Waals surface area (Å²) in [7, 11) is 0.124. The minimum atomic E-state index is -4.21. The number of amides is 2. The monoisotopic (exact) mass is 593 g/mol. The van der Waals surface area contributed by atoms with Crippen LogP contribution >= 0.6 is 23.2 Å². The van der Waals surface area contributed by atoms with E-state index in [0.717, 1.165) is 4.31 Å². The molecule has 1 atom stereocenters. The van der Waals surface area contributed by atoms with Gasteiger partial charge in [-0.3, -0.25) is 13.9 Å². The zero-order valence-electron chi connectivity index (χ0n) is 21.9. The fourth-order valence-electron chi connectivity index (χ4n) is 3.85. The van der Waals surface area contributed by atoms with Crippen molar-refractivity contribution in [3.05, 3.63) is 82.3 Å². The van der Waals surface area contributed by atoms with Gasteiger partial charge in [-0.1, -0.05) is 47.5 Å². The highest BCUT2D eigenvalue weighted by molar-refractivity contribution is 7.92. The third kappa shape index (κ3) is 6.95. The Kier molecular flexibility index (Phi) is 10.1. The molecule has 39 heavy (non-hydrogen) atoms. The molecule has 0 aliphatic carbocycles. The number of ether oxygens (including phenoxy) is 2. The van der Waals surface area contributed by atoms with Gasteiger partial charge in [0.1, 0.15) is 12.6 Å². The summed E-state index contributed by atoms with van der Waals surface area (Å²) in [6.45, 7) is 0.936. The fraction of sp³-hybridized carbons (Fsp3) is 0.259. The van der Waals surface area contributed by atoms with Crippen molar-refractivity contribution in [2.45, 2.75) is 24.4 Å². The second kappa shape index (κ2) is 13.1. The first-order valence-electron chi connectivity index (χ1n) is 11.8. The number of rotatable bonds is 11. The van der Waals surface area contributed by atoms with Gasteiger partial charge >= 0.3 is 0 Å². The summed E-state index contributed by atoms with van der Waals surface area (Å²) in [5, 5.41) is 3.16. The Morgan fingerprint density at radius 1 is 0.923 bits per heavy atom. The number of anilines is 1. The van der Waals surface area contributed by atoms with E-state index < -0.39 is 34.4 Å². The number of halogens is 2. The van der Waals surface area contributed by atoms with Crippen molar-refractivity contribution >= 4 is 50.7 Å². The highest BCUT2D eigenvalue weighted by atomic mass is 35.5. The lowest BCUT2D eigenvalue weighted by molar-refractivity contribution is -0.139. The first kappa shape index (κ1) is 30.1. The summed E-state index contributed by atoms with van der Waals surface area (Å²) < 4.78 is 39.3. The molecule has 0 heterocycles. The highest BCUT2D eigenvalue weighted by Gasteiger charge is 2.32. The highest BCUT2D eigenvalue weighted by Crippen LogP contribution is 2.34. The molecule has 9 nitrogen and oxygen atoms in total. The summed E-state index contributed by atoms with van der Waals surface area (Å²) in [4.78, 5) is 27.7. The lowest BCUT2D eigenvalue weighted by atomic mass is 10.1. The number of nitrogens with zero attached hydrogens (tertiary/aromatic N) is 2. The number of sulfonamides is 1. The van der Waals surface area contributed by atoms with Crippen LogP contribution in [-0.2, 0) is 26.2 Å². The van der Waals surface area contributed by atoms with Gasteiger partial charge in [0, 0.05) is 19.7 Å². The normalized spacial score (nSPS) is 11.8. The topological polar surface area (TPSA) is 105 Å². The number of hydrogen-bond acceptors (Lipinski definition) is 6. The number of carbonyl (C=O) groups excluding carboxylic acids is 2. The smallest absolute Gasteiger partial charge is 0.264 e. The maximum absolute atomic E-state index is 13.8. The first-order chi connectivity index (χ1) is 18.5. The van der Waals surface area contributed by atoms with Crippen molar-refractivity contribution in [1.29, 1.82) is 0 Å². The molecule has 3 rings (SSSR count). The molecule has 2 amide bonds. The predicted molar refractivity (Wildman–Crippen MR) is 151 cm³/mol. The van der Waals surface area contributed by atoms with E-state index in [1.54, 1.807) is 49.4 Å². The molecule has 0 aliphatic rings. The van der Waals surface area contributed by atoms with Crippen molar-refractivity contribution in [1.82, 2.24) is 10.2 Å². The molecular formula is C27H29Cl2N3O6S. The average molecular weight is 595 g/mol. The Morgan fingerprint density at radius 2 is 1.59 bits per heavy atom. The standard InChI is InChI=1S/C27H29Cl2N3O6S/c1-18(27(34)30-2)31(16-19-10-12-22(28)23(29)14-19)26(33)17-32(39(35,36)21-8-6-5-7-9-21)20-11-13-24(37-3)25(15-20)38-4/h5-15,18H,16-17H2,1-4H3,(H,30,34). The van der Waals surface area contributed by atoms with E-state index in [1.807, 2.05) is 0 Å². The molecule has 1 unspecified atom stereocenters. The van der Waals surface area contributed by atoms with E-state index in [9.17, 15) is 18.0 Å². The van der Waals surface area contributed by atoms with E-state index in [-0.39, 0.29) is 27.9 Å². The van der Waals surface area contributed by atoms with Gasteiger partial charge in [0.25, 0.3) is 10.0 Å². The molecule has 0 fully saturated rings. The first-order valence-corrected chi connectivity index (χ1v) is 14.0. The SMILES string of the molecule is CNC(=O)C(C)N(Cc1ccc(Cl)c(Cl)c1)C(=O)CN(c1ccc(OC)c(OC)c1)S(=O)(=O)c1ccccc1. The third-order valence-electron chi connectivity index (χ3n) is 6.02. The van der Waals surface area contributed by atoms with Gasteiger partial charge in [-0.15, -0.1) is 0 Å². The minimum Gasteiger partial charge on any atom is -0.493 e. The van der Waals surface area contributed by atoms with Gasteiger partial charge in [-0.05, 0) is 48.9 Å². The van der Waals surface area contributed by atoms with E-state index in [2.05, 4.69) is 5.32 Å². The molecule has 3 aromatic carbocycles. The summed E-state index contributed by atoms with van der Waals surface area (Å²) >= 11 is 12.2. The average Bonchev–Trinajstić information content (AvgIpc) is 2.95. The number of carbonyl (C=O) groups is 2. The van der Waals surface area contributed by atoms with Gasteiger partial charge in [0.2, 0.25) is 11.8 Å². The maximum atomic E-state index is 13.8. The van der Waals surface area contributed by atoms with Gasteiger partial charge < -0.3 is 19.7 Å². The lowest BCUT2D eigenvalue weighted by Crippen LogP contribution is -2.50. The molecule has 0 spiro atoms. The zero-order chi connectivity index (χ0) is 28.7. The zero-order valence-corrected chi connectivity index (χ0v) is 24.2. The largest absolute Gasteiger partial charge is 0.493 e. The van der Waals surface area contributed by atoms with Crippen LogP contribution in [0.5, 0.6) is 11.5 Å². The van der Waals surface area contributed by atoms with Crippen LogP contribution in [0.15, 0.2) is 71.6 Å². The van der Waals surface area contributed by atoms with Crippen molar-refractivity contribution in [2.24, 2.45) is 0 Å². The maximum Gasteiger partial charge on any atom is 0.264 e. The quantitative estimate of drug-likeness (QED) is 0.354. The number of methoxy groups -OCH3 is 2. The molecular weight excluding hydrogens is 565 g/mol. The van der Waals surface area contributed by atoms with Gasteiger partial charge in [-0.25, -0.2) is 8.42 Å². The van der Waals surface area contributed by atoms with E-state index >= 15 is 0 Å². The Balaban J connectivity index is 2.08. The van der Waals surface area contributed by atoms with Crippen LogP contribution in [0.3, 0.4) is 0 Å². The number of benzene rings is 3. The van der Waals surface area contributed by atoms with Crippen LogP contribution in [0.1, 0.15) is 12.5 Å². The second-order valence-corrected chi connectivity index (χ2v) is 11.1. The molecule has 0 saturated heterocycles. The van der Waals surface area contributed by atoms with Gasteiger partial charge in [0.15, 0.2) is 11.5 Å². The predicted octanol–water partition coefficient (Wildman–Crippen LogP) is 4.37. The number of hydrogen-bond donors (Lipinski definition) is 1. The van der Waals surface area contributed by atoms with E-state index in [4.69, 9.17) is 32.7 Å². The summed E-state index contributed by atoms with van der Waals surface area (Å²) in [6, 6.07) is 16.2. The van der Waals surface area contributed by atoms with Crippen molar-refractivity contribution < 1.29 is 27.5 Å². The molecule has 0 saturated carbocycles. The van der Waals surface area contributed by atoms with Crippen LogP contribution in [-0.4, -0.2) is 59.0 Å². The minimum absolute atomic E-state index is 0.0111. The molecule has 0 aliphatic heterocycles. The third-order valence-corrected chi connectivity index (χ3v) is 8.54. The Labute approximate surface area is 238 Å². The summed E-state index contributed by atoms with van der Waals surface area (Å²) in [5.41, 5.74) is 0.782. The lowest BCUT2D eigenvalue weighted by Gasteiger charge is -2.32. The number of nitrogens with one attached hydrogen (secondary N) is 1. The van der Waals surface area contributed by atoms with E-state index in [1.165, 1.54) is 50.4 Å². The number of likely N-dealkylation sites (N-methyl/N-ethyl adjacent to an activating group) is 1. The van der Waals surface area contributed by atoms with Crippen LogP contribution in [0, 0.1) is 0 Å². The fourth-order valence-corrected chi connectivity index (χ4v) is 5.60. The summed E-state index contributed by atoms with van der Waals surface area (Å²) in [5.74, 6) is -0.375. The molecule has 3 aromatic rings. The molecule has 0 bridgehead atoms. The van der Waals surface area contributed by atoms with E-state index in [0.29, 0.717) is 16.3 Å². The molecule has 0 aromatic heterocycles. The molecule has 0 radical (unpaired) electrons. The Hall–Kier alpha value is -3.47. The van der Waals surface area contributed by atoms with Crippen molar-refractivity contribution in [2.75, 3.05) is 32.1 Å². The van der Waals surface area contributed by atoms with Crippen molar-refractivity contribution in [3.63, 3.8) is 0 Å². The van der Waals surface area contributed by atoms with Crippen molar-refractivity contribution in [3.8, 4) is 11.5 Å². The van der Waals surface area contributed by atoms with Crippen LogP contribution in [0.25, 0.3) is 0 Å². The summed E-state index contributed by atoms with van der Waals surface area (Å²) in [6.07, 6.45) is 0. The Bertz CT molecular complexity index is 1440. The van der Waals surface area contributed by atoms with Crippen LogP contribution < -0.4 is 19.1 Å². The van der Waals surface area contributed by atoms with Crippen LogP contribution in [0.4, 0.5) is 5.69 Å². The Morgan fingerprint density at radius 3 is 2.18 bits per heavy atom. The van der Waals surface area contributed by atoms with Crippen LogP contribution in [0.2, 0.25) is 10.0 Å².